The van der Waals surface area contributed by atoms with Gasteiger partial charge in [0.15, 0.2) is 0 Å². The smallest absolute Gasteiger partial charge is 0.295 e. The van der Waals surface area contributed by atoms with Gasteiger partial charge in [0.1, 0.15) is 5.69 Å². The molecule has 0 fully saturated rings. The largest absolute Gasteiger partial charge is 0.347 e. The first kappa shape index (κ1) is 13.2. The highest BCUT2D eigenvalue weighted by Crippen LogP contribution is 2.18. The van der Waals surface area contributed by atoms with Gasteiger partial charge in [-0.1, -0.05) is 18.2 Å². The lowest BCUT2D eigenvalue weighted by molar-refractivity contribution is 0.630. The molecule has 21 heavy (non-hydrogen) atoms. The summed E-state index contributed by atoms with van der Waals surface area (Å²) in [6.45, 7) is 1.92. The Kier molecular flexibility index (Phi) is 3.13. The third kappa shape index (κ3) is 2.24. The second-order valence-corrected chi connectivity index (χ2v) is 4.96. The van der Waals surface area contributed by atoms with Gasteiger partial charge in [-0.3, -0.25) is 14.2 Å². The van der Waals surface area contributed by atoms with Crippen molar-refractivity contribution in [1.29, 1.82) is 0 Å². The van der Waals surface area contributed by atoms with Crippen molar-refractivity contribution in [2.24, 2.45) is 14.1 Å². The second kappa shape index (κ2) is 4.97. The maximum atomic E-state index is 12.7. The molecule has 0 aliphatic heterocycles. The molecule has 6 heteroatoms. The van der Waals surface area contributed by atoms with Crippen molar-refractivity contribution in [3.8, 4) is 5.69 Å². The van der Waals surface area contributed by atoms with Crippen molar-refractivity contribution in [2.75, 3.05) is 5.32 Å². The maximum absolute atomic E-state index is 12.7. The van der Waals surface area contributed by atoms with Gasteiger partial charge < -0.3 is 5.32 Å². The van der Waals surface area contributed by atoms with E-state index in [0.717, 1.165) is 17.1 Å². The van der Waals surface area contributed by atoms with Crippen LogP contribution in [0.2, 0.25) is 0 Å². The Balaban J connectivity index is 2.09. The molecule has 0 amide bonds. The van der Waals surface area contributed by atoms with Crippen LogP contribution in [0.3, 0.4) is 0 Å². The molecular weight excluding hydrogens is 266 g/mol. The van der Waals surface area contributed by atoms with E-state index in [-0.39, 0.29) is 5.56 Å². The fourth-order valence-corrected chi connectivity index (χ4v) is 2.34. The number of para-hydroxylation sites is 1. The van der Waals surface area contributed by atoms with Crippen LogP contribution in [0.1, 0.15) is 5.69 Å². The van der Waals surface area contributed by atoms with Crippen molar-refractivity contribution >= 4 is 11.4 Å². The highest BCUT2D eigenvalue weighted by Gasteiger charge is 2.16. The number of hydrogen-bond donors (Lipinski definition) is 1. The Bertz CT molecular complexity index is 826. The van der Waals surface area contributed by atoms with Crippen LogP contribution < -0.4 is 10.9 Å². The van der Waals surface area contributed by atoms with Crippen molar-refractivity contribution in [3.63, 3.8) is 0 Å². The summed E-state index contributed by atoms with van der Waals surface area (Å²) in [6.07, 6.45) is 3.53. The van der Waals surface area contributed by atoms with Gasteiger partial charge in [0, 0.05) is 20.3 Å². The molecule has 0 bridgehead atoms. The van der Waals surface area contributed by atoms with E-state index < -0.39 is 0 Å². The monoisotopic (exact) mass is 283 g/mol. The first-order valence-corrected chi connectivity index (χ1v) is 6.67. The second-order valence-electron chi connectivity index (χ2n) is 4.96. The number of aryl methyl sites for hydroxylation is 1. The van der Waals surface area contributed by atoms with Crippen molar-refractivity contribution in [1.82, 2.24) is 19.1 Å². The molecule has 6 nitrogen and oxygen atoms in total. The predicted molar refractivity (Wildman–Crippen MR) is 82.2 cm³/mol. The Hall–Kier alpha value is -2.76. The summed E-state index contributed by atoms with van der Waals surface area (Å²) >= 11 is 0. The Morgan fingerprint density at radius 1 is 1.14 bits per heavy atom. The van der Waals surface area contributed by atoms with Gasteiger partial charge in [-0.2, -0.15) is 5.10 Å². The molecule has 0 saturated carbocycles. The van der Waals surface area contributed by atoms with E-state index in [4.69, 9.17) is 0 Å². The molecule has 0 aliphatic carbocycles. The lowest BCUT2D eigenvalue weighted by Crippen LogP contribution is -2.20. The highest BCUT2D eigenvalue weighted by molar-refractivity contribution is 5.60. The van der Waals surface area contributed by atoms with E-state index in [1.165, 1.54) is 0 Å². The van der Waals surface area contributed by atoms with E-state index in [0.29, 0.717) is 5.69 Å². The Morgan fingerprint density at radius 3 is 2.48 bits per heavy atom. The molecule has 2 heterocycles. The lowest BCUT2D eigenvalue weighted by Gasteiger charge is -2.07. The average molecular weight is 283 g/mol. The van der Waals surface area contributed by atoms with Crippen LogP contribution in [0.4, 0.5) is 11.4 Å². The molecule has 3 rings (SSSR count). The van der Waals surface area contributed by atoms with Gasteiger partial charge in [-0.15, -0.1) is 0 Å². The molecular formula is C15H17N5O. The molecule has 2 aromatic heterocycles. The molecule has 0 atom stereocenters. The topological polar surface area (TPSA) is 56.8 Å². The van der Waals surface area contributed by atoms with Gasteiger partial charge in [0.2, 0.25) is 0 Å². The minimum absolute atomic E-state index is 0.0787. The zero-order valence-corrected chi connectivity index (χ0v) is 12.2. The van der Waals surface area contributed by atoms with Crippen molar-refractivity contribution in [3.05, 3.63) is 58.8 Å². The van der Waals surface area contributed by atoms with Crippen LogP contribution in [0.15, 0.2) is 47.5 Å². The van der Waals surface area contributed by atoms with Gasteiger partial charge in [-0.25, -0.2) is 4.68 Å². The zero-order chi connectivity index (χ0) is 15.0. The van der Waals surface area contributed by atoms with Crippen LogP contribution in [0.5, 0.6) is 0 Å². The number of nitrogens with one attached hydrogen (secondary N) is 1. The fraction of sp³-hybridized carbons (Fsp3) is 0.200. The molecule has 0 saturated heterocycles. The van der Waals surface area contributed by atoms with Crippen LogP contribution in [-0.2, 0) is 14.1 Å². The molecule has 0 radical (unpaired) electrons. The molecule has 1 aromatic carbocycles. The van der Waals surface area contributed by atoms with Crippen LogP contribution >= 0.6 is 0 Å². The maximum Gasteiger partial charge on any atom is 0.295 e. The van der Waals surface area contributed by atoms with E-state index in [2.05, 4.69) is 10.4 Å². The first-order valence-electron chi connectivity index (χ1n) is 6.67. The molecule has 1 N–H and O–H groups in total. The Morgan fingerprint density at radius 2 is 1.86 bits per heavy atom. The summed E-state index contributed by atoms with van der Waals surface area (Å²) in [5.41, 5.74) is 2.99. The average Bonchev–Trinajstić information content (AvgIpc) is 2.98. The van der Waals surface area contributed by atoms with Gasteiger partial charge >= 0.3 is 0 Å². The van der Waals surface area contributed by atoms with Gasteiger partial charge in [0.25, 0.3) is 5.56 Å². The SMILES string of the molecule is Cc1c(Nc2cnn(C)c2)c(=O)n(-c2ccccc2)n1C. The summed E-state index contributed by atoms with van der Waals surface area (Å²) in [5, 5.41) is 7.25. The predicted octanol–water partition coefficient (Wildman–Crippen LogP) is 1.96. The molecule has 108 valence electrons. The fourth-order valence-electron chi connectivity index (χ4n) is 2.34. The number of anilines is 2. The standard InChI is InChI=1S/C15H17N5O/c1-11-14(17-12-9-16-18(2)10-12)15(21)20(19(11)3)13-7-5-4-6-8-13/h4-10,17H,1-3H3. The van der Waals surface area contributed by atoms with Crippen LogP contribution in [-0.4, -0.2) is 19.1 Å². The summed E-state index contributed by atoms with van der Waals surface area (Å²) in [7, 11) is 3.71. The summed E-state index contributed by atoms with van der Waals surface area (Å²) in [5.74, 6) is 0. The molecule has 0 spiro atoms. The molecule has 3 aromatic rings. The third-order valence-electron chi connectivity index (χ3n) is 3.53. The van der Waals surface area contributed by atoms with Crippen molar-refractivity contribution in [2.45, 2.75) is 6.92 Å². The highest BCUT2D eigenvalue weighted by atomic mass is 16.1. The molecule has 0 unspecified atom stereocenters. The number of aromatic nitrogens is 4. The summed E-state index contributed by atoms with van der Waals surface area (Å²) in [4.78, 5) is 12.7. The van der Waals surface area contributed by atoms with E-state index in [9.17, 15) is 4.79 Å². The van der Waals surface area contributed by atoms with Crippen LogP contribution in [0.25, 0.3) is 5.69 Å². The number of benzene rings is 1. The van der Waals surface area contributed by atoms with Crippen LogP contribution in [0, 0.1) is 6.92 Å². The summed E-state index contributed by atoms with van der Waals surface area (Å²) < 4.78 is 5.18. The minimum Gasteiger partial charge on any atom is -0.347 e. The van der Waals surface area contributed by atoms with Crippen molar-refractivity contribution < 1.29 is 0 Å². The van der Waals surface area contributed by atoms with Gasteiger partial charge in [0.05, 0.1) is 23.3 Å². The molecule has 0 aliphatic rings. The van der Waals surface area contributed by atoms with E-state index >= 15 is 0 Å². The zero-order valence-electron chi connectivity index (χ0n) is 12.2. The lowest BCUT2D eigenvalue weighted by atomic mass is 10.3. The Labute approximate surface area is 122 Å². The quantitative estimate of drug-likeness (QED) is 0.799. The third-order valence-corrected chi connectivity index (χ3v) is 3.53. The summed E-state index contributed by atoms with van der Waals surface area (Å²) in [6, 6.07) is 9.58. The number of hydrogen-bond acceptors (Lipinski definition) is 3. The van der Waals surface area contributed by atoms with Gasteiger partial charge in [-0.05, 0) is 19.1 Å². The first-order chi connectivity index (χ1) is 10.1. The number of nitrogens with zero attached hydrogens (tertiary/aromatic N) is 4. The van der Waals surface area contributed by atoms with E-state index in [1.807, 2.05) is 62.2 Å². The normalized spacial score (nSPS) is 10.8. The number of rotatable bonds is 3. The minimum atomic E-state index is -0.0787. The van der Waals surface area contributed by atoms with E-state index in [1.54, 1.807) is 15.6 Å².